The highest BCUT2D eigenvalue weighted by Crippen LogP contribution is 2.22. The van der Waals surface area contributed by atoms with E-state index in [4.69, 9.17) is 5.73 Å². The number of H-pyrrole nitrogens is 1. The monoisotopic (exact) mass is 217 g/mol. The molecule has 84 valence electrons. The Morgan fingerprint density at radius 1 is 1.56 bits per heavy atom. The standard InChI is InChI=1S/C11H15N5/c12-6-8-3-5-16(7-8)11-14-9-2-1-4-13-10(9)15-11/h1-2,4,8H,3,5-7,12H2,(H,13,14,15). The molecule has 0 saturated carbocycles. The van der Waals surface area contributed by atoms with Gasteiger partial charge in [-0.25, -0.2) is 4.98 Å². The quantitative estimate of drug-likeness (QED) is 0.778. The maximum Gasteiger partial charge on any atom is 0.205 e. The molecule has 2 aromatic rings. The van der Waals surface area contributed by atoms with E-state index in [1.54, 1.807) is 6.20 Å². The van der Waals surface area contributed by atoms with Crippen LogP contribution in [0.25, 0.3) is 11.2 Å². The molecule has 1 fully saturated rings. The summed E-state index contributed by atoms with van der Waals surface area (Å²) in [6.45, 7) is 2.78. The summed E-state index contributed by atoms with van der Waals surface area (Å²) in [7, 11) is 0. The lowest BCUT2D eigenvalue weighted by Crippen LogP contribution is -2.23. The van der Waals surface area contributed by atoms with E-state index in [2.05, 4.69) is 19.9 Å². The van der Waals surface area contributed by atoms with Gasteiger partial charge in [-0.15, -0.1) is 0 Å². The van der Waals surface area contributed by atoms with Crippen LogP contribution in [0.2, 0.25) is 0 Å². The molecule has 1 saturated heterocycles. The summed E-state index contributed by atoms with van der Waals surface area (Å²) in [5.74, 6) is 1.52. The molecule has 2 aromatic heterocycles. The Labute approximate surface area is 93.7 Å². The van der Waals surface area contributed by atoms with E-state index in [0.29, 0.717) is 5.92 Å². The number of pyridine rings is 1. The number of nitrogens with zero attached hydrogens (tertiary/aromatic N) is 3. The maximum absolute atomic E-state index is 5.68. The highest BCUT2D eigenvalue weighted by atomic mass is 15.3. The van der Waals surface area contributed by atoms with Crippen LogP contribution in [0.4, 0.5) is 5.95 Å². The molecule has 0 amide bonds. The zero-order valence-electron chi connectivity index (χ0n) is 9.06. The van der Waals surface area contributed by atoms with Gasteiger partial charge in [0.1, 0.15) is 0 Å². The summed E-state index contributed by atoms with van der Waals surface area (Å²) in [5, 5.41) is 0. The van der Waals surface area contributed by atoms with Crippen LogP contribution in [-0.4, -0.2) is 34.6 Å². The van der Waals surface area contributed by atoms with Gasteiger partial charge >= 0.3 is 0 Å². The summed E-state index contributed by atoms with van der Waals surface area (Å²) in [5.41, 5.74) is 7.46. The minimum atomic E-state index is 0.598. The molecule has 0 bridgehead atoms. The lowest BCUT2D eigenvalue weighted by molar-refractivity contribution is 0.602. The lowest BCUT2D eigenvalue weighted by Gasteiger charge is -2.13. The number of fused-ring (bicyclic) bond motifs is 1. The molecule has 5 heteroatoms. The number of imidazole rings is 1. The number of aromatic nitrogens is 3. The zero-order chi connectivity index (χ0) is 11.0. The normalized spacial score (nSPS) is 20.8. The smallest absolute Gasteiger partial charge is 0.205 e. The third-order valence-corrected chi connectivity index (χ3v) is 3.16. The fraction of sp³-hybridized carbons (Fsp3) is 0.455. The maximum atomic E-state index is 5.68. The molecule has 1 aliphatic heterocycles. The number of nitrogens with two attached hydrogens (primary N) is 1. The minimum absolute atomic E-state index is 0.598. The average Bonchev–Trinajstić information content (AvgIpc) is 2.95. The van der Waals surface area contributed by atoms with Crippen LogP contribution in [-0.2, 0) is 0 Å². The van der Waals surface area contributed by atoms with Crippen LogP contribution in [0, 0.1) is 5.92 Å². The van der Waals surface area contributed by atoms with Crippen molar-refractivity contribution in [3.63, 3.8) is 0 Å². The Morgan fingerprint density at radius 2 is 2.50 bits per heavy atom. The van der Waals surface area contributed by atoms with E-state index in [-0.39, 0.29) is 0 Å². The molecule has 16 heavy (non-hydrogen) atoms. The largest absolute Gasteiger partial charge is 0.342 e. The van der Waals surface area contributed by atoms with Gasteiger partial charge in [0, 0.05) is 19.3 Å². The van der Waals surface area contributed by atoms with E-state index < -0.39 is 0 Å². The van der Waals surface area contributed by atoms with Gasteiger partial charge in [-0.1, -0.05) is 0 Å². The van der Waals surface area contributed by atoms with Gasteiger partial charge in [-0.05, 0) is 31.0 Å². The third-order valence-electron chi connectivity index (χ3n) is 3.16. The summed E-state index contributed by atoms with van der Waals surface area (Å²) < 4.78 is 0. The van der Waals surface area contributed by atoms with Crippen molar-refractivity contribution in [2.45, 2.75) is 6.42 Å². The first-order chi connectivity index (χ1) is 7.86. The molecule has 0 aliphatic carbocycles. The summed E-state index contributed by atoms with van der Waals surface area (Å²) >= 11 is 0. The Hall–Kier alpha value is -1.62. The molecule has 0 spiro atoms. The lowest BCUT2D eigenvalue weighted by atomic mass is 10.1. The third kappa shape index (κ3) is 1.53. The van der Waals surface area contributed by atoms with Crippen LogP contribution >= 0.6 is 0 Å². The number of anilines is 1. The van der Waals surface area contributed by atoms with E-state index >= 15 is 0 Å². The molecule has 3 rings (SSSR count). The highest BCUT2D eigenvalue weighted by molar-refractivity contribution is 5.73. The first kappa shape index (κ1) is 9.59. The second-order valence-electron chi connectivity index (χ2n) is 4.27. The number of aromatic amines is 1. The van der Waals surface area contributed by atoms with E-state index in [1.807, 2.05) is 12.1 Å². The second kappa shape index (κ2) is 3.75. The van der Waals surface area contributed by atoms with Crippen molar-refractivity contribution in [2.75, 3.05) is 24.5 Å². The minimum Gasteiger partial charge on any atom is -0.342 e. The molecule has 1 aliphatic rings. The van der Waals surface area contributed by atoms with Crippen molar-refractivity contribution in [3.05, 3.63) is 18.3 Å². The van der Waals surface area contributed by atoms with Crippen molar-refractivity contribution in [3.8, 4) is 0 Å². The van der Waals surface area contributed by atoms with Gasteiger partial charge in [0.15, 0.2) is 5.65 Å². The van der Waals surface area contributed by atoms with Gasteiger partial charge in [-0.2, -0.15) is 4.98 Å². The molecular formula is C11H15N5. The zero-order valence-corrected chi connectivity index (χ0v) is 9.06. The molecule has 5 nitrogen and oxygen atoms in total. The van der Waals surface area contributed by atoms with Crippen molar-refractivity contribution in [1.82, 2.24) is 15.0 Å². The van der Waals surface area contributed by atoms with E-state index in [0.717, 1.165) is 43.2 Å². The molecule has 1 unspecified atom stereocenters. The number of nitrogens with one attached hydrogen (secondary N) is 1. The first-order valence-electron chi connectivity index (χ1n) is 5.62. The molecule has 1 atom stereocenters. The molecule has 3 heterocycles. The summed E-state index contributed by atoms with van der Waals surface area (Å²) in [6.07, 6.45) is 2.92. The Morgan fingerprint density at radius 3 is 3.25 bits per heavy atom. The topological polar surface area (TPSA) is 70.8 Å². The van der Waals surface area contributed by atoms with Crippen LogP contribution < -0.4 is 10.6 Å². The Balaban J connectivity index is 1.89. The van der Waals surface area contributed by atoms with Crippen molar-refractivity contribution >= 4 is 17.1 Å². The first-order valence-corrected chi connectivity index (χ1v) is 5.62. The van der Waals surface area contributed by atoms with Crippen molar-refractivity contribution in [1.29, 1.82) is 0 Å². The van der Waals surface area contributed by atoms with Crippen molar-refractivity contribution < 1.29 is 0 Å². The Bertz CT molecular complexity index is 459. The van der Waals surface area contributed by atoms with Crippen molar-refractivity contribution in [2.24, 2.45) is 11.7 Å². The number of rotatable bonds is 2. The molecule has 0 aromatic carbocycles. The van der Waals surface area contributed by atoms with Crippen LogP contribution in [0.3, 0.4) is 0 Å². The average molecular weight is 217 g/mol. The number of hydrogen-bond acceptors (Lipinski definition) is 4. The molecular weight excluding hydrogens is 202 g/mol. The summed E-state index contributed by atoms with van der Waals surface area (Å²) in [6, 6.07) is 3.91. The molecule has 0 radical (unpaired) electrons. The molecule has 3 N–H and O–H groups in total. The second-order valence-corrected chi connectivity index (χ2v) is 4.27. The number of hydrogen-bond donors (Lipinski definition) is 2. The predicted octanol–water partition coefficient (Wildman–Crippen LogP) is 0.743. The van der Waals surface area contributed by atoms with E-state index in [9.17, 15) is 0 Å². The van der Waals surface area contributed by atoms with Crippen LogP contribution in [0.15, 0.2) is 18.3 Å². The van der Waals surface area contributed by atoms with Crippen LogP contribution in [0.1, 0.15) is 6.42 Å². The van der Waals surface area contributed by atoms with Gasteiger partial charge < -0.3 is 15.6 Å². The van der Waals surface area contributed by atoms with Gasteiger partial charge in [0.05, 0.1) is 5.52 Å². The Kier molecular flexibility index (Phi) is 2.25. The summed E-state index contributed by atoms with van der Waals surface area (Å²) in [4.78, 5) is 14.2. The fourth-order valence-electron chi connectivity index (χ4n) is 2.20. The van der Waals surface area contributed by atoms with E-state index in [1.165, 1.54) is 0 Å². The predicted molar refractivity (Wildman–Crippen MR) is 63.3 cm³/mol. The SMILES string of the molecule is NCC1CCN(c2nc3ncccc3[nH]2)C1. The van der Waals surface area contributed by atoms with Gasteiger partial charge in [0.25, 0.3) is 0 Å². The fourth-order valence-corrected chi connectivity index (χ4v) is 2.20. The van der Waals surface area contributed by atoms with Crippen LogP contribution in [0.5, 0.6) is 0 Å². The van der Waals surface area contributed by atoms with Gasteiger partial charge in [-0.3, -0.25) is 0 Å². The highest BCUT2D eigenvalue weighted by Gasteiger charge is 2.23. The van der Waals surface area contributed by atoms with Gasteiger partial charge in [0.2, 0.25) is 5.95 Å².